The van der Waals surface area contributed by atoms with E-state index in [0.29, 0.717) is 19.3 Å². The van der Waals surface area contributed by atoms with Gasteiger partial charge in [-0.05, 0) is 36.1 Å². The molecule has 0 spiro atoms. The predicted octanol–water partition coefficient (Wildman–Crippen LogP) is 3.87. The Hall–Kier alpha value is -2.00. The maximum Gasteiger partial charge on any atom is 0.231 e. The Labute approximate surface area is 189 Å². The lowest BCUT2D eigenvalue weighted by atomic mass is 9.89. The summed E-state index contributed by atoms with van der Waals surface area (Å²) in [5, 5.41) is 6.84. The van der Waals surface area contributed by atoms with Crippen molar-refractivity contribution in [1.29, 1.82) is 0 Å². The lowest BCUT2D eigenvalue weighted by Gasteiger charge is -2.32. The molecule has 7 heteroatoms. The first-order valence-electron chi connectivity index (χ1n) is 9.83. The third-order valence-corrected chi connectivity index (χ3v) is 5.23. The van der Waals surface area contributed by atoms with Gasteiger partial charge in [0.2, 0.25) is 6.79 Å². The molecule has 6 nitrogen and oxygen atoms in total. The van der Waals surface area contributed by atoms with Gasteiger partial charge in [-0.3, -0.25) is 4.99 Å². The van der Waals surface area contributed by atoms with Gasteiger partial charge in [0.15, 0.2) is 17.5 Å². The fourth-order valence-electron chi connectivity index (χ4n) is 3.75. The molecule has 1 saturated heterocycles. The maximum absolute atomic E-state index is 6.09. The highest BCUT2D eigenvalue weighted by Crippen LogP contribution is 2.33. The molecular formula is C22H28IN3O3. The summed E-state index contributed by atoms with van der Waals surface area (Å²) in [6.45, 7) is 2.61. The van der Waals surface area contributed by atoms with Crippen LogP contribution in [0.4, 0.5) is 0 Å². The standard InChI is InChI=1S/C22H27N3O3.HI/c1-23-22(24-13-16-9-10-19-20(12-16)28-15-27-19)25-14-18-8-5-11-26-21(18)17-6-3-2-4-7-17;/h2-4,6-7,9-10,12,18,21H,5,8,11,13-15H2,1H3,(H2,23,24,25);1H. The number of fused-ring (bicyclic) bond motifs is 1. The second-order valence-corrected chi connectivity index (χ2v) is 7.10. The third kappa shape index (κ3) is 5.54. The van der Waals surface area contributed by atoms with E-state index in [4.69, 9.17) is 14.2 Å². The number of hydrogen-bond acceptors (Lipinski definition) is 4. The van der Waals surface area contributed by atoms with Crippen LogP contribution in [0.2, 0.25) is 0 Å². The zero-order valence-corrected chi connectivity index (χ0v) is 18.9. The summed E-state index contributed by atoms with van der Waals surface area (Å²) in [6, 6.07) is 16.5. The second kappa shape index (κ2) is 10.7. The lowest BCUT2D eigenvalue weighted by Crippen LogP contribution is -2.41. The van der Waals surface area contributed by atoms with Crippen molar-refractivity contribution in [2.24, 2.45) is 10.9 Å². The van der Waals surface area contributed by atoms with Gasteiger partial charge in [0.05, 0.1) is 6.10 Å². The largest absolute Gasteiger partial charge is 0.454 e. The summed E-state index contributed by atoms with van der Waals surface area (Å²) in [7, 11) is 1.79. The number of nitrogens with zero attached hydrogens (tertiary/aromatic N) is 1. The van der Waals surface area contributed by atoms with Crippen molar-refractivity contribution in [3.05, 3.63) is 59.7 Å². The molecule has 0 aliphatic carbocycles. The monoisotopic (exact) mass is 509 g/mol. The van der Waals surface area contributed by atoms with E-state index in [-0.39, 0.29) is 30.1 Å². The number of ether oxygens (including phenoxy) is 3. The predicted molar refractivity (Wildman–Crippen MR) is 124 cm³/mol. The topological polar surface area (TPSA) is 64.1 Å². The highest BCUT2D eigenvalue weighted by Gasteiger charge is 2.27. The van der Waals surface area contributed by atoms with Crippen molar-refractivity contribution in [3.8, 4) is 11.5 Å². The molecule has 0 amide bonds. The maximum atomic E-state index is 6.09. The van der Waals surface area contributed by atoms with Gasteiger partial charge in [-0.2, -0.15) is 0 Å². The quantitative estimate of drug-likeness (QED) is 0.364. The molecule has 29 heavy (non-hydrogen) atoms. The van der Waals surface area contributed by atoms with Crippen LogP contribution in [0.5, 0.6) is 11.5 Å². The molecule has 2 N–H and O–H groups in total. The van der Waals surface area contributed by atoms with E-state index in [0.717, 1.165) is 49.0 Å². The van der Waals surface area contributed by atoms with Crippen LogP contribution in [0.15, 0.2) is 53.5 Å². The molecule has 0 bridgehead atoms. The number of guanidine groups is 1. The zero-order chi connectivity index (χ0) is 19.2. The summed E-state index contributed by atoms with van der Waals surface area (Å²) >= 11 is 0. The summed E-state index contributed by atoms with van der Waals surface area (Å²) in [6.07, 6.45) is 2.37. The summed E-state index contributed by atoms with van der Waals surface area (Å²) in [4.78, 5) is 4.36. The molecule has 2 unspecified atom stereocenters. The Morgan fingerprint density at radius 2 is 1.90 bits per heavy atom. The van der Waals surface area contributed by atoms with Crippen LogP contribution in [0, 0.1) is 5.92 Å². The molecule has 2 heterocycles. The first-order chi connectivity index (χ1) is 13.8. The van der Waals surface area contributed by atoms with Crippen LogP contribution >= 0.6 is 24.0 Å². The van der Waals surface area contributed by atoms with Crippen molar-refractivity contribution >= 4 is 29.9 Å². The number of nitrogens with one attached hydrogen (secondary N) is 2. The van der Waals surface area contributed by atoms with E-state index in [1.807, 2.05) is 24.3 Å². The van der Waals surface area contributed by atoms with Gasteiger partial charge >= 0.3 is 0 Å². The minimum absolute atomic E-state index is 0. The van der Waals surface area contributed by atoms with E-state index in [9.17, 15) is 0 Å². The van der Waals surface area contributed by atoms with Crippen molar-refractivity contribution in [2.45, 2.75) is 25.5 Å². The minimum atomic E-state index is 0. The van der Waals surface area contributed by atoms with E-state index < -0.39 is 0 Å². The highest BCUT2D eigenvalue weighted by atomic mass is 127. The average molecular weight is 509 g/mol. The average Bonchev–Trinajstić information content (AvgIpc) is 3.23. The zero-order valence-electron chi connectivity index (χ0n) is 16.6. The van der Waals surface area contributed by atoms with Crippen LogP contribution in [-0.4, -0.2) is 33.0 Å². The first-order valence-corrected chi connectivity index (χ1v) is 9.83. The van der Waals surface area contributed by atoms with Gasteiger partial charge in [0, 0.05) is 32.7 Å². The second-order valence-electron chi connectivity index (χ2n) is 7.10. The molecule has 4 rings (SSSR count). The van der Waals surface area contributed by atoms with Crippen molar-refractivity contribution in [2.75, 3.05) is 27.0 Å². The van der Waals surface area contributed by atoms with Crippen LogP contribution < -0.4 is 20.1 Å². The number of benzene rings is 2. The van der Waals surface area contributed by atoms with Gasteiger partial charge in [-0.25, -0.2) is 0 Å². The molecule has 156 valence electrons. The normalized spacial score (nSPS) is 20.7. The van der Waals surface area contributed by atoms with E-state index in [1.54, 1.807) is 7.05 Å². The van der Waals surface area contributed by atoms with Gasteiger partial charge in [0.25, 0.3) is 0 Å². The lowest BCUT2D eigenvalue weighted by molar-refractivity contribution is -0.0265. The molecule has 0 saturated carbocycles. The Morgan fingerprint density at radius 1 is 1.07 bits per heavy atom. The van der Waals surface area contributed by atoms with Gasteiger partial charge < -0.3 is 24.8 Å². The first kappa shape index (κ1) is 21.7. The molecule has 1 fully saturated rings. The Kier molecular flexibility index (Phi) is 8.00. The van der Waals surface area contributed by atoms with Crippen molar-refractivity contribution in [3.63, 3.8) is 0 Å². The summed E-state index contributed by atoms with van der Waals surface area (Å²) in [5.74, 6) is 2.80. The van der Waals surface area contributed by atoms with Crippen LogP contribution in [0.1, 0.15) is 30.1 Å². The van der Waals surface area contributed by atoms with Gasteiger partial charge in [0.1, 0.15) is 0 Å². The van der Waals surface area contributed by atoms with E-state index in [1.165, 1.54) is 5.56 Å². The minimum Gasteiger partial charge on any atom is -0.454 e. The SMILES string of the molecule is CN=C(NCc1ccc2c(c1)OCO2)NCC1CCCOC1c1ccccc1.I. The van der Waals surface area contributed by atoms with Crippen LogP contribution in [-0.2, 0) is 11.3 Å². The number of halogens is 1. The molecule has 2 aliphatic heterocycles. The fourth-order valence-corrected chi connectivity index (χ4v) is 3.75. The van der Waals surface area contributed by atoms with Crippen molar-refractivity contribution in [1.82, 2.24) is 10.6 Å². The third-order valence-electron chi connectivity index (χ3n) is 5.23. The number of hydrogen-bond donors (Lipinski definition) is 2. The summed E-state index contributed by atoms with van der Waals surface area (Å²) < 4.78 is 16.9. The van der Waals surface area contributed by atoms with E-state index in [2.05, 4.69) is 39.9 Å². The van der Waals surface area contributed by atoms with E-state index >= 15 is 0 Å². The molecule has 2 aliphatic rings. The smallest absolute Gasteiger partial charge is 0.231 e. The fraction of sp³-hybridized carbons (Fsp3) is 0.409. The molecule has 2 aromatic carbocycles. The van der Waals surface area contributed by atoms with Crippen molar-refractivity contribution < 1.29 is 14.2 Å². The summed E-state index contributed by atoms with van der Waals surface area (Å²) in [5.41, 5.74) is 2.37. The number of aliphatic imine (C=N–C) groups is 1. The number of rotatable bonds is 5. The van der Waals surface area contributed by atoms with Crippen LogP contribution in [0.25, 0.3) is 0 Å². The Balaban J connectivity index is 0.00000240. The molecule has 0 radical (unpaired) electrons. The molecule has 2 atom stereocenters. The van der Waals surface area contributed by atoms with Crippen LogP contribution in [0.3, 0.4) is 0 Å². The molecular weight excluding hydrogens is 481 g/mol. The Bertz CT molecular complexity index is 816. The Morgan fingerprint density at radius 3 is 2.72 bits per heavy atom. The molecule has 0 aromatic heterocycles. The molecule has 2 aromatic rings. The highest BCUT2D eigenvalue weighted by molar-refractivity contribution is 14.0. The van der Waals surface area contributed by atoms with Gasteiger partial charge in [-0.1, -0.05) is 36.4 Å². The van der Waals surface area contributed by atoms with Gasteiger partial charge in [-0.15, -0.1) is 24.0 Å².